The normalized spacial score (nSPS) is 15.4. The Labute approximate surface area is 809 Å². The summed E-state index contributed by atoms with van der Waals surface area (Å²) in [5, 5.41) is 59.5. The van der Waals surface area contributed by atoms with Gasteiger partial charge in [-0.05, 0) is 160 Å². The van der Waals surface area contributed by atoms with Gasteiger partial charge in [0.1, 0.15) is 54.1 Å². The number of piperidine rings is 1. The van der Waals surface area contributed by atoms with Crippen LogP contribution >= 0.6 is 11.3 Å². The quantitative estimate of drug-likeness (QED) is 0.0161. The van der Waals surface area contributed by atoms with E-state index in [-0.39, 0.29) is 144 Å². The summed E-state index contributed by atoms with van der Waals surface area (Å²) in [6.45, 7) is 27.6. The summed E-state index contributed by atoms with van der Waals surface area (Å²) in [7, 11) is 0. The molecule has 1 aromatic heterocycles. The molecule has 5 aromatic rings. The first-order valence-corrected chi connectivity index (χ1v) is 48.8. The third-order valence-electron chi connectivity index (χ3n) is 24.5. The third kappa shape index (κ3) is 37.6. The zero-order valence-corrected chi connectivity index (χ0v) is 82.9. The van der Waals surface area contributed by atoms with Crippen LogP contribution in [0.2, 0.25) is 0 Å². The van der Waals surface area contributed by atoms with E-state index in [0.717, 1.165) is 60.9 Å². The number of unbranched alkanes of at least 4 members (excludes halogenated alkanes) is 3. The molecule has 35 nitrogen and oxygen atoms in total. The predicted octanol–water partition coefficient (Wildman–Crippen LogP) is 11.6. The molecule has 2 aliphatic rings. The number of aliphatic hydroxyl groups excluding tert-OH is 1. The molecular weight excluding hydrogens is 1780 g/mol. The highest BCUT2D eigenvalue weighted by atomic mass is 32.1. The number of carbonyl (C=O) groups excluding carboxylic acids is 12. The number of carboxylic acids is 2. The van der Waals surface area contributed by atoms with E-state index in [0.29, 0.717) is 73.9 Å². The number of nitrogens with two attached hydrogens (primary N) is 1. The van der Waals surface area contributed by atoms with Crippen molar-refractivity contribution < 1.29 is 96.7 Å². The molecule has 7 rings (SSSR count). The minimum absolute atomic E-state index is 0.0210. The highest BCUT2D eigenvalue weighted by Gasteiger charge is 2.41. The number of ether oxygens (including phenoxy) is 3. The summed E-state index contributed by atoms with van der Waals surface area (Å²) in [5.41, 5.74) is 8.11. The number of nitrogens with zero attached hydrogens (tertiary/aromatic N) is 4. The Hall–Kier alpha value is -11.7. The van der Waals surface area contributed by atoms with E-state index in [1.165, 1.54) is 23.5 Å². The van der Waals surface area contributed by atoms with Gasteiger partial charge in [0.05, 0.1) is 43.5 Å². The molecule has 1 saturated heterocycles. The first kappa shape index (κ1) is 112. The van der Waals surface area contributed by atoms with Gasteiger partial charge in [-0.25, -0.2) is 14.6 Å². The number of thiazole rings is 1. The van der Waals surface area contributed by atoms with Crippen LogP contribution in [-0.4, -0.2) is 221 Å². The average molecular weight is 1920 g/mol. The number of aliphatic hydroxyl groups is 1. The van der Waals surface area contributed by atoms with Gasteiger partial charge < -0.3 is 98.2 Å². The number of para-hydroxylation sites is 1. The van der Waals surface area contributed by atoms with Crippen molar-refractivity contribution in [1.29, 1.82) is 0 Å². The molecule has 0 unspecified atom stereocenters. The number of aromatic nitrogens is 1. The number of likely N-dealkylation sites (tertiary alicyclic amines) is 1. The van der Waals surface area contributed by atoms with E-state index in [9.17, 15) is 77.6 Å². The molecule has 752 valence electrons. The van der Waals surface area contributed by atoms with Crippen molar-refractivity contribution in [2.24, 2.45) is 39.7 Å². The summed E-state index contributed by atoms with van der Waals surface area (Å²) >= 11 is 1.25. The number of hydrogen-bond acceptors (Lipinski definition) is 21. The molecule has 15 N–H and O–H groups in total. The number of primary amides is 1. The van der Waals surface area contributed by atoms with Crippen molar-refractivity contribution >= 4 is 124 Å². The van der Waals surface area contributed by atoms with Crippen LogP contribution in [0.3, 0.4) is 0 Å². The lowest BCUT2D eigenvalue weighted by molar-refractivity contribution is -0.147. The molecule has 36 heteroatoms. The largest absolute Gasteiger partial charge is 0.481 e. The predicted molar refractivity (Wildman–Crippen MR) is 525 cm³/mol. The smallest absolute Gasteiger partial charge is 0.407 e. The molecule has 0 radical (unpaired) electrons. The number of β-amino-alcohol motifs (C(OH)–C–C–N with tert-alkyl or cyclic N) is 1. The number of fused-ring (bicyclic) bond motifs is 2. The van der Waals surface area contributed by atoms with Crippen LogP contribution in [0.15, 0.2) is 102 Å². The number of amides is 13. The molecule has 2 aliphatic heterocycles. The van der Waals surface area contributed by atoms with Crippen molar-refractivity contribution in [2.45, 2.75) is 274 Å². The Morgan fingerprint density at radius 3 is 1.97 bits per heavy atom. The molecule has 0 spiro atoms. The standard InChI is InChI=1S/C101H147N15O20S/c1-15-18-19-25-50-115(95(129)88(66(8)16-2)113-92(127)79-33-24-26-49-114(79)51-52-117)80(64(4)5)54-81(135-17-3)94-111-77(60-137-94)91(126)108-74(55-101(13,14)96(130)131)53-67-34-40-72(41-35-67)106-84(120)57-104-98(133)136-59-68-36-42-73(43-37-68)107-89(124)75(31-27-48-103-97(102)132)110-93(128)87(65(6)7)112-90(125)76(44-47-86(122)123)109-83(119)56-99(9,10)62-134-63-100(11,12)61-105-82(118)45-46-85(121)116-58-71-30-21-20-28-69(71)38-39-70-29-22-23-32-78(70)116/h20-23,28-30,32,34-43,60,64-66,74-76,79-81,87-88,117H,15-19,24-27,31,33,44-59,61-63H2,1-14H3,(H,104,133)(H,105,118)(H,106,120)(H,107,124)(H,108,126)(H,109,119)(H,110,128)(H,112,125)(H,113,127)(H,122,123)(H,130,131)(H3,102,103,132)/b39-38-/t66-,74-,75-,76-,79+,80+,81+,87-,88-/m0/s1. The summed E-state index contributed by atoms with van der Waals surface area (Å²) < 4.78 is 17.9. The number of rotatable bonds is 57. The van der Waals surface area contributed by atoms with Gasteiger partial charge in [0, 0.05) is 99.1 Å². The zero-order valence-electron chi connectivity index (χ0n) is 82.1. The van der Waals surface area contributed by atoms with Crippen LogP contribution < -0.4 is 63.8 Å². The van der Waals surface area contributed by atoms with E-state index < -0.39 is 137 Å². The van der Waals surface area contributed by atoms with E-state index in [2.05, 4.69) is 73.9 Å². The zero-order chi connectivity index (χ0) is 101. The van der Waals surface area contributed by atoms with Crippen LogP contribution in [0, 0.1) is 34.0 Å². The van der Waals surface area contributed by atoms with Gasteiger partial charge in [-0.2, -0.15) is 0 Å². The van der Waals surface area contributed by atoms with Crippen molar-refractivity contribution in [2.75, 3.05) is 81.2 Å². The van der Waals surface area contributed by atoms with E-state index >= 15 is 4.79 Å². The second-order valence-electron chi connectivity index (χ2n) is 38.5. The number of benzene rings is 4. The Kier molecular flexibility index (Phi) is 45.6. The number of carboxylic acid groups (broad SMARTS) is 2. The Morgan fingerprint density at radius 1 is 0.650 bits per heavy atom. The van der Waals surface area contributed by atoms with Crippen LogP contribution in [0.25, 0.3) is 12.2 Å². The van der Waals surface area contributed by atoms with Gasteiger partial charge in [-0.1, -0.05) is 187 Å². The molecule has 137 heavy (non-hydrogen) atoms. The van der Waals surface area contributed by atoms with E-state index in [1.54, 1.807) is 88.2 Å². The van der Waals surface area contributed by atoms with Gasteiger partial charge in [0.15, 0.2) is 0 Å². The molecule has 4 aromatic carbocycles. The maximum absolute atomic E-state index is 15.2. The van der Waals surface area contributed by atoms with Gasteiger partial charge in [-0.15, -0.1) is 11.3 Å². The monoisotopic (exact) mass is 1920 g/mol. The highest BCUT2D eigenvalue weighted by Crippen LogP contribution is 2.35. The number of nitrogens with one attached hydrogen (secondary N) is 10. The van der Waals surface area contributed by atoms with Crippen LogP contribution in [0.4, 0.5) is 26.7 Å². The van der Waals surface area contributed by atoms with Crippen LogP contribution in [-0.2, 0) is 86.5 Å². The molecule has 0 saturated carbocycles. The summed E-state index contributed by atoms with van der Waals surface area (Å²) in [6.07, 6.45) is 8.72. The molecule has 9 atom stereocenters. The second-order valence-corrected chi connectivity index (χ2v) is 39.4. The number of hydrogen-bond donors (Lipinski definition) is 14. The van der Waals surface area contributed by atoms with Crippen molar-refractivity contribution in [3.63, 3.8) is 0 Å². The fraction of sp³-hybridized carbons (Fsp3) is 0.574. The van der Waals surface area contributed by atoms with Gasteiger partial charge in [0.2, 0.25) is 53.2 Å². The highest BCUT2D eigenvalue weighted by molar-refractivity contribution is 7.09. The van der Waals surface area contributed by atoms with E-state index in [1.807, 2.05) is 105 Å². The Morgan fingerprint density at radius 2 is 1.31 bits per heavy atom. The minimum Gasteiger partial charge on any atom is -0.481 e. The van der Waals surface area contributed by atoms with E-state index in [4.69, 9.17) is 24.9 Å². The molecule has 13 amide bonds. The maximum Gasteiger partial charge on any atom is 0.407 e. The molecular formula is C101H147N15O20S. The molecule has 1 fully saturated rings. The summed E-state index contributed by atoms with van der Waals surface area (Å²) in [5.74, 6) is -8.20. The Bertz CT molecular complexity index is 4860. The number of urea groups is 1. The van der Waals surface area contributed by atoms with Gasteiger partial charge in [0.25, 0.3) is 5.91 Å². The lowest BCUT2D eigenvalue weighted by Crippen LogP contribution is -2.59. The SMILES string of the molecule is CCCCCCN(C(=O)[C@@H](NC(=O)[C@H]1CCCCN1CCO)[C@@H](C)CC)[C@H](C[C@@H](OCC)c1nc(C(=O)N[C@@H](Cc2ccc(NC(=O)CNC(=O)OCc3ccc(NC(=O)[C@H](CCCNC(N)=O)NC(=O)[C@@H](NC(=O)[C@H](CCC(=O)O)NC(=O)CC(C)(C)COCC(C)(C)CNC(=O)CCC(=O)N4Cc5ccccc5/C=C\c5ccccc54)C(C)C)cc3)cc2)CC(C)(C)C(=O)O)cs1)C(C)C. The lowest BCUT2D eigenvalue weighted by Gasteiger charge is -2.40. The molecule has 0 bridgehead atoms. The maximum atomic E-state index is 15.2. The Balaban J connectivity index is 0.881. The topological polar surface area (TPSA) is 496 Å². The number of anilines is 3. The second kappa shape index (κ2) is 55.6. The lowest BCUT2D eigenvalue weighted by atomic mass is 9.84. The van der Waals surface area contributed by atoms with Crippen molar-refractivity contribution in [3.05, 3.63) is 141 Å². The van der Waals surface area contributed by atoms with Crippen LogP contribution in [0.5, 0.6) is 0 Å². The minimum atomic E-state index is -1.42. The fourth-order valence-electron chi connectivity index (χ4n) is 16.4. The van der Waals surface area contributed by atoms with Crippen LogP contribution in [0.1, 0.15) is 256 Å². The van der Waals surface area contributed by atoms with Crippen molar-refractivity contribution in [1.82, 2.24) is 57.3 Å². The molecule has 3 heterocycles. The van der Waals surface area contributed by atoms with Gasteiger partial charge in [-0.3, -0.25) is 62.4 Å². The number of carbonyl (C=O) groups is 14. The molecule has 0 aliphatic carbocycles. The first-order chi connectivity index (χ1) is 65.0. The third-order valence-corrected chi connectivity index (χ3v) is 25.4. The average Bonchev–Trinajstić information content (AvgIpc) is 1.62. The fourth-order valence-corrected chi connectivity index (χ4v) is 17.3. The summed E-state index contributed by atoms with van der Waals surface area (Å²) in [4.78, 5) is 200. The van der Waals surface area contributed by atoms with Crippen molar-refractivity contribution in [3.8, 4) is 0 Å². The number of aliphatic carboxylic acids is 2. The summed E-state index contributed by atoms with van der Waals surface area (Å²) in [6, 6.07) is 21.1. The number of alkyl carbamates (subject to hydrolysis) is 1. The van der Waals surface area contributed by atoms with Gasteiger partial charge >= 0.3 is 24.1 Å². The first-order valence-electron chi connectivity index (χ1n) is 47.9.